The van der Waals surface area contributed by atoms with Crippen molar-refractivity contribution in [3.05, 3.63) is 35.9 Å². The smallest absolute Gasteiger partial charge is 0.119 e. The van der Waals surface area contributed by atoms with Gasteiger partial charge in [0.05, 0.1) is 6.61 Å². The van der Waals surface area contributed by atoms with E-state index in [1.807, 2.05) is 12.1 Å². The molecule has 0 amide bonds. The molecule has 0 saturated heterocycles. The molecule has 1 rings (SSSR count). The summed E-state index contributed by atoms with van der Waals surface area (Å²) in [5.41, 5.74) is 1.23. The highest BCUT2D eigenvalue weighted by molar-refractivity contribution is 5.50. The average molecular weight is 247 g/mol. The molecule has 0 saturated carbocycles. The molecule has 1 aromatic carbocycles. The van der Waals surface area contributed by atoms with Gasteiger partial charge >= 0.3 is 0 Å². The zero-order valence-electron chi connectivity index (χ0n) is 11.8. The maximum atomic E-state index is 5.55. The molecule has 0 aliphatic carbocycles. The van der Waals surface area contributed by atoms with Crippen molar-refractivity contribution >= 4 is 6.08 Å². The van der Waals surface area contributed by atoms with Crippen LogP contribution in [0.25, 0.3) is 6.08 Å². The van der Waals surface area contributed by atoms with Crippen LogP contribution in [0.1, 0.15) is 39.2 Å². The molecule has 18 heavy (non-hydrogen) atoms. The average Bonchev–Trinajstić information content (AvgIpc) is 2.37. The van der Waals surface area contributed by atoms with E-state index in [-0.39, 0.29) is 0 Å². The van der Waals surface area contributed by atoms with E-state index in [1.54, 1.807) is 0 Å². The first kappa shape index (κ1) is 14.8. The maximum absolute atomic E-state index is 5.55. The summed E-state index contributed by atoms with van der Waals surface area (Å²) in [5.74, 6) is 0.954. The quantitative estimate of drug-likeness (QED) is 0.704. The van der Waals surface area contributed by atoms with Gasteiger partial charge in [0, 0.05) is 6.04 Å². The van der Waals surface area contributed by atoms with E-state index < -0.39 is 0 Å². The van der Waals surface area contributed by atoms with Gasteiger partial charge in [-0.1, -0.05) is 45.1 Å². The van der Waals surface area contributed by atoms with Crippen LogP contribution >= 0.6 is 0 Å². The Morgan fingerprint density at radius 2 is 1.94 bits per heavy atom. The number of ether oxygens (including phenoxy) is 1. The number of rotatable bonds is 8. The predicted octanol–water partition coefficient (Wildman–Crippen LogP) is 3.88. The minimum absolute atomic E-state index is 0.563. The molecule has 0 bridgehead atoms. The van der Waals surface area contributed by atoms with Crippen molar-refractivity contribution in [2.45, 2.75) is 39.7 Å². The monoisotopic (exact) mass is 247 g/mol. The Morgan fingerprint density at radius 1 is 1.22 bits per heavy atom. The Morgan fingerprint density at radius 3 is 2.56 bits per heavy atom. The lowest BCUT2D eigenvalue weighted by Crippen LogP contribution is -2.23. The SMILES string of the molecule is CCCOc1ccc(C=CCCNC(C)C)cc1. The molecule has 2 nitrogen and oxygen atoms in total. The zero-order valence-corrected chi connectivity index (χ0v) is 11.8. The molecule has 0 aliphatic heterocycles. The molecule has 0 radical (unpaired) electrons. The van der Waals surface area contributed by atoms with Gasteiger partial charge in [0.2, 0.25) is 0 Å². The summed E-state index contributed by atoms with van der Waals surface area (Å²) in [6.45, 7) is 8.27. The van der Waals surface area contributed by atoms with Gasteiger partial charge in [-0.05, 0) is 37.1 Å². The van der Waals surface area contributed by atoms with Crippen LogP contribution < -0.4 is 10.1 Å². The van der Waals surface area contributed by atoms with Crippen LogP contribution in [0.2, 0.25) is 0 Å². The van der Waals surface area contributed by atoms with Crippen molar-refractivity contribution in [3.63, 3.8) is 0 Å². The van der Waals surface area contributed by atoms with Gasteiger partial charge in [-0.15, -0.1) is 0 Å². The van der Waals surface area contributed by atoms with E-state index in [1.165, 1.54) is 5.56 Å². The normalized spacial score (nSPS) is 11.3. The zero-order chi connectivity index (χ0) is 13.2. The molecule has 1 N–H and O–H groups in total. The van der Waals surface area contributed by atoms with Crippen LogP contribution in [0, 0.1) is 0 Å². The van der Waals surface area contributed by atoms with E-state index in [4.69, 9.17) is 4.74 Å². The molecule has 0 fully saturated rings. The predicted molar refractivity (Wildman–Crippen MR) is 79.0 cm³/mol. The number of benzene rings is 1. The molecule has 0 heterocycles. The first-order valence-electron chi connectivity index (χ1n) is 6.85. The van der Waals surface area contributed by atoms with Gasteiger partial charge in [0.1, 0.15) is 5.75 Å². The van der Waals surface area contributed by atoms with E-state index >= 15 is 0 Å². The maximum Gasteiger partial charge on any atom is 0.119 e. The molecular formula is C16H25NO. The van der Waals surface area contributed by atoms with E-state index in [0.29, 0.717) is 6.04 Å². The van der Waals surface area contributed by atoms with Crippen molar-refractivity contribution in [2.24, 2.45) is 0 Å². The molecule has 0 unspecified atom stereocenters. The lowest BCUT2D eigenvalue weighted by atomic mass is 10.2. The van der Waals surface area contributed by atoms with Crippen LogP contribution in [-0.4, -0.2) is 19.2 Å². The Balaban J connectivity index is 2.31. The summed E-state index contributed by atoms with van der Waals surface area (Å²) in [7, 11) is 0. The Hall–Kier alpha value is -1.28. The Labute approximate surface area is 111 Å². The van der Waals surface area contributed by atoms with E-state index in [2.05, 4.69) is 50.4 Å². The third kappa shape index (κ3) is 6.45. The standard InChI is InChI=1S/C16H25NO/c1-4-13-18-16-10-8-15(9-11-16)7-5-6-12-17-14(2)3/h5,7-11,14,17H,4,6,12-13H2,1-3H3. The molecule has 0 aromatic heterocycles. The second-order valence-electron chi connectivity index (χ2n) is 4.72. The largest absolute Gasteiger partial charge is 0.494 e. The van der Waals surface area contributed by atoms with Crippen molar-refractivity contribution in [3.8, 4) is 5.75 Å². The highest BCUT2D eigenvalue weighted by atomic mass is 16.5. The van der Waals surface area contributed by atoms with Crippen molar-refractivity contribution < 1.29 is 4.74 Å². The van der Waals surface area contributed by atoms with Gasteiger partial charge in [-0.25, -0.2) is 0 Å². The van der Waals surface area contributed by atoms with Gasteiger partial charge < -0.3 is 10.1 Å². The summed E-state index contributed by atoms with van der Waals surface area (Å²) in [4.78, 5) is 0. The molecule has 100 valence electrons. The first-order chi connectivity index (χ1) is 8.72. The van der Waals surface area contributed by atoms with Crippen LogP contribution in [0.15, 0.2) is 30.3 Å². The summed E-state index contributed by atoms with van der Waals surface area (Å²) >= 11 is 0. The van der Waals surface area contributed by atoms with Crippen LogP contribution in [-0.2, 0) is 0 Å². The summed E-state index contributed by atoms with van der Waals surface area (Å²) in [5, 5.41) is 3.39. The summed E-state index contributed by atoms with van der Waals surface area (Å²) in [6.07, 6.45) is 6.47. The van der Waals surface area contributed by atoms with E-state index in [9.17, 15) is 0 Å². The number of hydrogen-bond acceptors (Lipinski definition) is 2. The highest BCUT2D eigenvalue weighted by Crippen LogP contribution is 2.13. The fourth-order valence-electron chi connectivity index (χ4n) is 1.57. The van der Waals surface area contributed by atoms with Gasteiger partial charge in [-0.2, -0.15) is 0 Å². The summed E-state index contributed by atoms with van der Waals surface area (Å²) < 4.78 is 5.55. The third-order valence-corrected chi connectivity index (χ3v) is 2.53. The number of nitrogens with one attached hydrogen (secondary N) is 1. The van der Waals surface area contributed by atoms with Crippen LogP contribution in [0.4, 0.5) is 0 Å². The molecule has 0 aliphatic rings. The summed E-state index contributed by atoms with van der Waals surface area (Å²) in [6, 6.07) is 8.81. The molecule has 0 atom stereocenters. The fraction of sp³-hybridized carbons (Fsp3) is 0.500. The fourth-order valence-corrected chi connectivity index (χ4v) is 1.57. The lowest BCUT2D eigenvalue weighted by molar-refractivity contribution is 0.317. The third-order valence-electron chi connectivity index (χ3n) is 2.53. The van der Waals surface area contributed by atoms with Crippen molar-refractivity contribution in [1.29, 1.82) is 0 Å². The Kier molecular flexibility index (Phi) is 7.19. The van der Waals surface area contributed by atoms with Crippen molar-refractivity contribution in [1.82, 2.24) is 5.32 Å². The number of hydrogen-bond donors (Lipinski definition) is 1. The second-order valence-corrected chi connectivity index (χ2v) is 4.72. The molecule has 0 spiro atoms. The minimum Gasteiger partial charge on any atom is -0.494 e. The lowest BCUT2D eigenvalue weighted by Gasteiger charge is -2.05. The van der Waals surface area contributed by atoms with Gasteiger partial charge in [-0.3, -0.25) is 0 Å². The highest BCUT2D eigenvalue weighted by Gasteiger charge is 1.92. The topological polar surface area (TPSA) is 21.3 Å². The molecule has 1 aromatic rings. The first-order valence-corrected chi connectivity index (χ1v) is 6.85. The van der Waals surface area contributed by atoms with E-state index in [0.717, 1.165) is 31.7 Å². The molecule has 2 heteroatoms. The van der Waals surface area contributed by atoms with Gasteiger partial charge in [0.15, 0.2) is 0 Å². The van der Waals surface area contributed by atoms with Crippen molar-refractivity contribution in [2.75, 3.05) is 13.2 Å². The van der Waals surface area contributed by atoms with Gasteiger partial charge in [0.25, 0.3) is 0 Å². The van der Waals surface area contributed by atoms with Crippen LogP contribution in [0.3, 0.4) is 0 Å². The second kappa shape index (κ2) is 8.76. The Bertz CT molecular complexity index is 341. The van der Waals surface area contributed by atoms with Crippen LogP contribution in [0.5, 0.6) is 5.75 Å². The minimum atomic E-state index is 0.563. The molecular weight excluding hydrogens is 222 g/mol.